The van der Waals surface area contributed by atoms with Crippen LogP contribution in [0.2, 0.25) is 0 Å². The minimum absolute atomic E-state index is 0.0926. The Kier molecular flexibility index (Phi) is 13.8. The van der Waals surface area contributed by atoms with Crippen LogP contribution in [-0.2, 0) is 9.47 Å². The van der Waals surface area contributed by atoms with E-state index in [-0.39, 0.29) is 6.61 Å². The first-order valence-corrected chi connectivity index (χ1v) is 7.11. The molecule has 0 amide bonds. The average molecular weight is 246 g/mol. The van der Waals surface area contributed by atoms with Crippen LogP contribution in [0.3, 0.4) is 0 Å². The molecule has 0 aliphatic heterocycles. The van der Waals surface area contributed by atoms with Gasteiger partial charge in [0.1, 0.15) is 0 Å². The molecule has 17 heavy (non-hydrogen) atoms. The van der Waals surface area contributed by atoms with E-state index >= 15 is 0 Å². The topological polar surface area (TPSA) is 38.7 Å². The SMILES string of the molecule is CCCCCC(CC)CCOCCOCCO. The molecular weight excluding hydrogens is 216 g/mol. The molecule has 1 unspecified atom stereocenters. The molecule has 3 nitrogen and oxygen atoms in total. The second-order valence-electron chi connectivity index (χ2n) is 4.51. The van der Waals surface area contributed by atoms with Crippen molar-refractivity contribution in [2.75, 3.05) is 33.0 Å². The van der Waals surface area contributed by atoms with E-state index in [1.807, 2.05) is 0 Å². The van der Waals surface area contributed by atoms with Gasteiger partial charge in [-0.05, 0) is 12.3 Å². The molecule has 0 radical (unpaired) electrons. The van der Waals surface area contributed by atoms with Gasteiger partial charge < -0.3 is 14.6 Å². The molecule has 0 saturated carbocycles. The van der Waals surface area contributed by atoms with Gasteiger partial charge in [0.15, 0.2) is 0 Å². The minimum Gasteiger partial charge on any atom is -0.394 e. The van der Waals surface area contributed by atoms with E-state index in [0.717, 1.165) is 12.5 Å². The van der Waals surface area contributed by atoms with Crippen molar-refractivity contribution in [1.82, 2.24) is 0 Å². The number of hydrogen-bond acceptors (Lipinski definition) is 3. The first-order valence-electron chi connectivity index (χ1n) is 7.11. The Morgan fingerprint density at radius 2 is 1.59 bits per heavy atom. The molecule has 0 saturated heterocycles. The summed E-state index contributed by atoms with van der Waals surface area (Å²) in [6.45, 7) is 7.09. The van der Waals surface area contributed by atoms with Crippen molar-refractivity contribution in [2.45, 2.75) is 52.4 Å². The summed E-state index contributed by atoms with van der Waals surface area (Å²) in [6, 6.07) is 0. The zero-order valence-electron chi connectivity index (χ0n) is 11.6. The van der Waals surface area contributed by atoms with Gasteiger partial charge in [0.05, 0.1) is 26.4 Å². The van der Waals surface area contributed by atoms with Crippen LogP contribution in [0.5, 0.6) is 0 Å². The van der Waals surface area contributed by atoms with Crippen molar-refractivity contribution in [3.63, 3.8) is 0 Å². The number of aliphatic hydroxyl groups excluding tert-OH is 1. The second-order valence-corrected chi connectivity index (χ2v) is 4.51. The molecular formula is C14H30O3. The molecule has 1 atom stereocenters. The molecule has 3 heteroatoms. The zero-order chi connectivity index (χ0) is 12.8. The zero-order valence-corrected chi connectivity index (χ0v) is 11.6. The van der Waals surface area contributed by atoms with Gasteiger partial charge in [-0.15, -0.1) is 0 Å². The summed E-state index contributed by atoms with van der Waals surface area (Å²) in [4.78, 5) is 0. The van der Waals surface area contributed by atoms with E-state index in [9.17, 15) is 0 Å². The number of hydrogen-bond donors (Lipinski definition) is 1. The van der Waals surface area contributed by atoms with Crippen LogP contribution < -0.4 is 0 Å². The summed E-state index contributed by atoms with van der Waals surface area (Å²) in [5, 5.41) is 8.51. The molecule has 0 heterocycles. The Bertz CT molecular complexity index is 139. The Hall–Kier alpha value is -0.120. The van der Waals surface area contributed by atoms with Crippen molar-refractivity contribution in [2.24, 2.45) is 5.92 Å². The van der Waals surface area contributed by atoms with Gasteiger partial charge in [-0.1, -0.05) is 46.0 Å². The van der Waals surface area contributed by atoms with E-state index in [4.69, 9.17) is 14.6 Å². The minimum atomic E-state index is 0.0926. The van der Waals surface area contributed by atoms with E-state index < -0.39 is 0 Å². The molecule has 0 aromatic rings. The molecule has 0 rings (SSSR count). The van der Waals surface area contributed by atoms with Crippen LogP contribution in [0, 0.1) is 5.92 Å². The highest BCUT2D eigenvalue weighted by molar-refractivity contribution is 4.57. The largest absolute Gasteiger partial charge is 0.394 e. The molecule has 104 valence electrons. The highest BCUT2D eigenvalue weighted by atomic mass is 16.5. The van der Waals surface area contributed by atoms with Gasteiger partial charge in [-0.3, -0.25) is 0 Å². The lowest BCUT2D eigenvalue weighted by atomic mass is 9.96. The van der Waals surface area contributed by atoms with Gasteiger partial charge in [0, 0.05) is 6.61 Å². The molecule has 0 aromatic heterocycles. The van der Waals surface area contributed by atoms with Gasteiger partial charge in [0.2, 0.25) is 0 Å². The Morgan fingerprint density at radius 3 is 2.18 bits per heavy atom. The maximum atomic E-state index is 8.51. The van der Waals surface area contributed by atoms with E-state index in [2.05, 4.69) is 13.8 Å². The predicted octanol–water partition coefficient (Wildman–Crippen LogP) is 3.01. The van der Waals surface area contributed by atoms with Crippen LogP contribution in [0.15, 0.2) is 0 Å². The highest BCUT2D eigenvalue weighted by Gasteiger charge is 2.05. The lowest BCUT2D eigenvalue weighted by molar-refractivity contribution is 0.0290. The standard InChI is InChI=1S/C14H30O3/c1-3-5-6-7-14(4-2)8-10-16-12-13-17-11-9-15/h14-15H,3-13H2,1-2H3. The lowest BCUT2D eigenvalue weighted by Gasteiger charge is -2.14. The fourth-order valence-electron chi connectivity index (χ4n) is 1.87. The third-order valence-corrected chi connectivity index (χ3v) is 3.07. The van der Waals surface area contributed by atoms with Crippen molar-refractivity contribution >= 4 is 0 Å². The highest BCUT2D eigenvalue weighted by Crippen LogP contribution is 2.17. The first kappa shape index (κ1) is 16.9. The fourth-order valence-corrected chi connectivity index (χ4v) is 1.87. The van der Waals surface area contributed by atoms with Crippen LogP contribution in [0.4, 0.5) is 0 Å². The molecule has 0 fully saturated rings. The number of ether oxygens (including phenoxy) is 2. The van der Waals surface area contributed by atoms with Crippen molar-refractivity contribution in [1.29, 1.82) is 0 Å². The predicted molar refractivity (Wildman–Crippen MR) is 71.3 cm³/mol. The number of aliphatic hydroxyl groups is 1. The van der Waals surface area contributed by atoms with Crippen LogP contribution in [-0.4, -0.2) is 38.1 Å². The van der Waals surface area contributed by atoms with Gasteiger partial charge in [-0.2, -0.15) is 0 Å². The third-order valence-electron chi connectivity index (χ3n) is 3.07. The van der Waals surface area contributed by atoms with E-state index in [1.165, 1.54) is 38.5 Å². The van der Waals surface area contributed by atoms with Crippen molar-refractivity contribution in [3.8, 4) is 0 Å². The van der Waals surface area contributed by atoms with E-state index in [0.29, 0.717) is 19.8 Å². The average Bonchev–Trinajstić information content (AvgIpc) is 2.35. The maximum Gasteiger partial charge on any atom is 0.0701 e. The van der Waals surface area contributed by atoms with Crippen LogP contribution in [0.1, 0.15) is 52.4 Å². The second kappa shape index (κ2) is 13.9. The quantitative estimate of drug-likeness (QED) is 0.508. The Morgan fingerprint density at radius 1 is 0.882 bits per heavy atom. The number of rotatable bonds is 13. The fraction of sp³-hybridized carbons (Fsp3) is 1.00. The normalized spacial score (nSPS) is 12.9. The number of unbranched alkanes of at least 4 members (excludes halogenated alkanes) is 2. The smallest absolute Gasteiger partial charge is 0.0701 e. The van der Waals surface area contributed by atoms with E-state index in [1.54, 1.807) is 0 Å². The third kappa shape index (κ3) is 12.1. The summed E-state index contributed by atoms with van der Waals surface area (Å²) in [7, 11) is 0. The van der Waals surface area contributed by atoms with Gasteiger partial charge in [0.25, 0.3) is 0 Å². The lowest BCUT2D eigenvalue weighted by Crippen LogP contribution is -2.10. The van der Waals surface area contributed by atoms with Crippen LogP contribution in [0.25, 0.3) is 0 Å². The molecule has 0 aliphatic carbocycles. The van der Waals surface area contributed by atoms with Crippen LogP contribution >= 0.6 is 0 Å². The Labute approximate surface area is 107 Å². The molecule has 0 aromatic carbocycles. The summed E-state index contributed by atoms with van der Waals surface area (Å²) in [5.74, 6) is 0.819. The van der Waals surface area contributed by atoms with Crippen molar-refractivity contribution in [3.05, 3.63) is 0 Å². The first-order chi connectivity index (χ1) is 8.35. The molecule has 0 aliphatic rings. The summed E-state index contributed by atoms with van der Waals surface area (Å²) < 4.78 is 10.6. The maximum absolute atomic E-state index is 8.51. The molecule has 0 bridgehead atoms. The molecule has 1 N–H and O–H groups in total. The molecule has 0 spiro atoms. The summed E-state index contributed by atoms with van der Waals surface area (Å²) in [5.41, 5.74) is 0. The summed E-state index contributed by atoms with van der Waals surface area (Å²) in [6.07, 6.45) is 7.78. The van der Waals surface area contributed by atoms with Gasteiger partial charge >= 0.3 is 0 Å². The monoisotopic (exact) mass is 246 g/mol. The van der Waals surface area contributed by atoms with Gasteiger partial charge in [-0.25, -0.2) is 0 Å². The van der Waals surface area contributed by atoms with Crippen molar-refractivity contribution < 1.29 is 14.6 Å². The summed E-state index contributed by atoms with van der Waals surface area (Å²) >= 11 is 0. The Balaban J connectivity index is 3.25.